The number of hydrogen-bond donors (Lipinski definition) is 1. The molecule has 0 saturated carbocycles. The van der Waals surface area contributed by atoms with Gasteiger partial charge in [-0.25, -0.2) is 14.8 Å². The number of morpholine rings is 1. The Bertz CT molecular complexity index is 395. The zero-order valence-corrected chi connectivity index (χ0v) is 10.8. The molecule has 0 bridgehead atoms. The van der Waals surface area contributed by atoms with Crippen molar-refractivity contribution in [2.75, 3.05) is 33.4 Å². The lowest BCUT2D eigenvalue weighted by Crippen LogP contribution is -2.46. The van der Waals surface area contributed by atoms with Crippen molar-refractivity contribution in [1.29, 1.82) is 0 Å². The van der Waals surface area contributed by atoms with Gasteiger partial charge >= 0.3 is 0 Å². The highest BCUT2D eigenvalue weighted by molar-refractivity contribution is 5.30. The maximum absolute atomic E-state index is 13.6. The molecule has 1 heterocycles. The lowest BCUT2D eigenvalue weighted by Gasteiger charge is -2.30. The lowest BCUT2D eigenvalue weighted by atomic mass is 10.1. The molecular weight excluding hydrogens is 235 g/mol. The van der Waals surface area contributed by atoms with Crippen LogP contribution in [-0.4, -0.2) is 38.4 Å². The molecule has 1 unspecified atom stereocenters. The van der Waals surface area contributed by atoms with Crippen molar-refractivity contribution in [1.82, 2.24) is 10.4 Å². The molecular formula is C13H19FN2O2. The molecule has 1 atom stereocenters. The first kappa shape index (κ1) is 13.3. The Morgan fingerprint density at radius 2 is 2.11 bits per heavy atom. The molecule has 18 heavy (non-hydrogen) atoms. The number of halogens is 1. The molecule has 1 N–H and O–H groups in total. The molecule has 0 spiro atoms. The molecule has 100 valence electrons. The molecule has 0 aliphatic carbocycles. The fourth-order valence-corrected chi connectivity index (χ4v) is 1.99. The second-order valence-corrected chi connectivity index (χ2v) is 4.34. The van der Waals surface area contributed by atoms with E-state index in [4.69, 9.17) is 9.47 Å². The standard InChI is InChI=1S/C13H19FN2O2/c1-10(15-16-5-7-18-8-6-16)11-3-4-13(17-2)12(14)9-11/h3-4,9-10,15H,5-8H2,1-2H3. The van der Waals surface area contributed by atoms with Gasteiger partial charge in [-0.05, 0) is 24.6 Å². The number of methoxy groups -OCH3 is 1. The molecule has 1 aliphatic heterocycles. The first-order valence-corrected chi connectivity index (χ1v) is 6.13. The van der Waals surface area contributed by atoms with Crippen LogP contribution in [0, 0.1) is 5.82 Å². The number of rotatable bonds is 4. The van der Waals surface area contributed by atoms with Gasteiger partial charge in [0.15, 0.2) is 11.6 Å². The molecule has 1 saturated heterocycles. The average molecular weight is 254 g/mol. The summed E-state index contributed by atoms with van der Waals surface area (Å²) in [6.45, 7) is 5.18. The van der Waals surface area contributed by atoms with Gasteiger partial charge in [0.25, 0.3) is 0 Å². The minimum atomic E-state index is -0.328. The molecule has 4 nitrogen and oxygen atoms in total. The van der Waals surface area contributed by atoms with Crippen LogP contribution in [0.1, 0.15) is 18.5 Å². The third kappa shape index (κ3) is 3.19. The second kappa shape index (κ2) is 6.13. The lowest BCUT2D eigenvalue weighted by molar-refractivity contribution is 0.00482. The zero-order chi connectivity index (χ0) is 13.0. The fraction of sp³-hybridized carbons (Fsp3) is 0.538. The fourth-order valence-electron chi connectivity index (χ4n) is 1.99. The summed E-state index contributed by atoms with van der Waals surface area (Å²) in [5.41, 5.74) is 4.25. The van der Waals surface area contributed by atoms with E-state index in [2.05, 4.69) is 10.4 Å². The highest BCUT2D eigenvalue weighted by Crippen LogP contribution is 2.21. The first-order valence-electron chi connectivity index (χ1n) is 6.13. The van der Waals surface area contributed by atoms with E-state index in [-0.39, 0.29) is 17.6 Å². The zero-order valence-electron chi connectivity index (χ0n) is 10.8. The third-order valence-electron chi connectivity index (χ3n) is 3.06. The third-order valence-corrected chi connectivity index (χ3v) is 3.06. The van der Waals surface area contributed by atoms with Crippen LogP contribution < -0.4 is 10.2 Å². The summed E-state index contributed by atoms with van der Waals surface area (Å²) >= 11 is 0. The van der Waals surface area contributed by atoms with Gasteiger partial charge in [0.1, 0.15) is 0 Å². The van der Waals surface area contributed by atoms with Crippen molar-refractivity contribution in [3.63, 3.8) is 0 Å². The molecule has 2 rings (SSSR count). The Morgan fingerprint density at radius 3 is 2.72 bits per heavy atom. The quantitative estimate of drug-likeness (QED) is 0.887. The largest absolute Gasteiger partial charge is 0.494 e. The van der Waals surface area contributed by atoms with Gasteiger partial charge in [-0.3, -0.25) is 0 Å². The second-order valence-electron chi connectivity index (χ2n) is 4.34. The van der Waals surface area contributed by atoms with Crippen molar-refractivity contribution in [2.45, 2.75) is 13.0 Å². The number of nitrogens with one attached hydrogen (secondary N) is 1. The van der Waals surface area contributed by atoms with Crippen LogP contribution in [0.5, 0.6) is 5.75 Å². The normalized spacial score (nSPS) is 18.6. The molecule has 0 amide bonds. The van der Waals surface area contributed by atoms with E-state index in [0.29, 0.717) is 0 Å². The van der Waals surface area contributed by atoms with E-state index in [9.17, 15) is 4.39 Å². The van der Waals surface area contributed by atoms with Gasteiger partial charge in [-0.1, -0.05) is 6.07 Å². The van der Waals surface area contributed by atoms with E-state index in [1.165, 1.54) is 13.2 Å². The minimum Gasteiger partial charge on any atom is -0.494 e. The summed E-state index contributed by atoms with van der Waals surface area (Å²) in [6, 6.07) is 5.10. The average Bonchev–Trinajstić information content (AvgIpc) is 2.39. The van der Waals surface area contributed by atoms with Crippen molar-refractivity contribution in [2.24, 2.45) is 0 Å². The molecule has 1 aliphatic rings. The summed E-state index contributed by atoms with van der Waals surface area (Å²) in [5, 5.41) is 2.11. The van der Waals surface area contributed by atoms with Gasteiger partial charge in [0.05, 0.1) is 20.3 Å². The predicted octanol–water partition coefficient (Wildman–Crippen LogP) is 1.73. The van der Waals surface area contributed by atoms with Crippen LogP contribution in [0.4, 0.5) is 4.39 Å². The Hall–Kier alpha value is -1.17. The van der Waals surface area contributed by atoms with Crippen LogP contribution in [0.2, 0.25) is 0 Å². The van der Waals surface area contributed by atoms with Gasteiger partial charge < -0.3 is 9.47 Å². The molecule has 5 heteroatoms. The smallest absolute Gasteiger partial charge is 0.165 e. The van der Waals surface area contributed by atoms with Gasteiger partial charge in [0.2, 0.25) is 0 Å². The van der Waals surface area contributed by atoms with Crippen LogP contribution in [0.25, 0.3) is 0 Å². The van der Waals surface area contributed by atoms with E-state index >= 15 is 0 Å². The monoisotopic (exact) mass is 254 g/mol. The highest BCUT2D eigenvalue weighted by Gasteiger charge is 2.15. The molecule has 0 aromatic heterocycles. The van der Waals surface area contributed by atoms with Crippen LogP contribution >= 0.6 is 0 Å². The summed E-state index contributed by atoms with van der Waals surface area (Å²) < 4.78 is 23.8. The number of nitrogens with zero attached hydrogens (tertiary/aromatic N) is 1. The molecule has 0 radical (unpaired) electrons. The number of ether oxygens (including phenoxy) is 2. The van der Waals surface area contributed by atoms with Gasteiger partial charge in [0, 0.05) is 19.1 Å². The topological polar surface area (TPSA) is 33.7 Å². The highest BCUT2D eigenvalue weighted by atomic mass is 19.1. The van der Waals surface area contributed by atoms with Gasteiger partial charge in [-0.15, -0.1) is 0 Å². The summed E-state index contributed by atoms with van der Waals surface area (Å²) in [5.74, 6) is -0.0528. The maximum Gasteiger partial charge on any atom is 0.165 e. The SMILES string of the molecule is COc1ccc(C(C)NN2CCOCC2)cc1F. The Kier molecular flexibility index (Phi) is 4.52. The molecule has 1 fully saturated rings. The van der Waals surface area contributed by atoms with Crippen molar-refractivity contribution < 1.29 is 13.9 Å². The van der Waals surface area contributed by atoms with Crippen LogP contribution in [-0.2, 0) is 4.74 Å². The van der Waals surface area contributed by atoms with E-state index in [1.807, 2.05) is 13.0 Å². The number of hydrogen-bond acceptors (Lipinski definition) is 4. The maximum atomic E-state index is 13.6. The summed E-state index contributed by atoms with van der Waals surface area (Å²) in [7, 11) is 1.47. The predicted molar refractivity (Wildman–Crippen MR) is 66.9 cm³/mol. The Balaban J connectivity index is 1.99. The van der Waals surface area contributed by atoms with Crippen molar-refractivity contribution in [3.05, 3.63) is 29.6 Å². The molecule has 1 aromatic rings. The first-order chi connectivity index (χ1) is 8.70. The minimum absolute atomic E-state index is 0.0588. The van der Waals surface area contributed by atoms with Crippen LogP contribution in [0.3, 0.4) is 0 Å². The number of hydrazine groups is 1. The Morgan fingerprint density at radius 1 is 1.39 bits per heavy atom. The van der Waals surface area contributed by atoms with Crippen molar-refractivity contribution >= 4 is 0 Å². The number of benzene rings is 1. The van der Waals surface area contributed by atoms with Gasteiger partial charge in [-0.2, -0.15) is 0 Å². The summed E-state index contributed by atoms with van der Waals surface area (Å²) in [6.07, 6.45) is 0. The van der Waals surface area contributed by atoms with Crippen molar-refractivity contribution in [3.8, 4) is 5.75 Å². The van der Waals surface area contributed by atoms with E-state index in [1.54, 1.807) is 6.07 Å². The molecule has 1 aromatic carbocycles. The summed E-state index contributed by atoms with van der Waals surface area (Å²) in [4.78, 5) is 0. The Labute approximate surface area is 107 Å². The van der Waals surface area contributed by atoms with Crippen LogP contribution in [0.15, 0.2) is 18.2 Å². The van der Waals surface area contributed by atoms with E-state index < -0.39 is 0 Å². The van der Waals surface area contributed by atoms with E-state index in [0.717, 1.165) is 31.9 Å².